The van der Waals surface area contributed by atoms with Gasteiger partial charge in [0.25, 0.3) is 6.43 Å². The number of nitrogens with zero attached hydrogens (tertiary/aromatic N) is 4. The number of alkyl halides is 3. The van der Waals surface area contributed by atoms with Gasteiger partial charge in [0.15, 0.2) is 11.6 Å². The maximum absolute atomic E-state index is 15.7. The van der Waals surface area contributed by atoms with Crippen LogP contribution in [0.2, 0.25) is 5.02 Å². The highest BCUT2D eigenvalue weighted by atomic mass is 79.9. The standard InChI is InChI=1S/C24H26BrClF4N4O3/c25-18-19(26)21-17-22(20(18)30)37-16(36-11-24-3-1-4-33(24)7-13(27)6-24)9-32(8-15(28)29)23(17)34(12-31-21)14-2-5-35-10-14/h9,13-15H,1-8,10-12H2/t13-,14?,24+/m1/s1. The summed E-state index contributed by atoms with van der Waals surface area (Å²) in [5.41, 5.74) is -0.500. The van der Waals surface area contributed by atoms with Crippen LogP contribution in [0.5, 0.6) is 5.75 Å². The summed E-state index contributed by atoms with van der Waals surface area (Å²) >= 11 is 9.64. The van der Waals surface area contributed by atoms with Gasteiger partial charge in [0, 0.05) is 19.6 Å². The lowest BCUT2D eigenvalue weighted by atomic mass is 9.95. The van der Waals surface area contributed by atoms with E-state index < -0.39 is 30.5 Å². The molecule has 0 spiro atoms. The number of benzene rings is 1. The Kier molecular flexibility index (Phi) is 6.73. The van der Waals surface area contributed by atoms with E-state index in [0.717, 1.165) is 19.4 Å². The first-order valence-corrected chi connectivity index (χ1v) is 13.5. The fourth-order valence-corrected chi connectivity index (χ4v) is 6.73. The van der Waals surface area contributed by atoms with E-state index in [1.807, 2.05) is 4.90 Å². The van der Waals surface area contributed by atoms with Crippen molar-refractivity contribution in [3.05, 3.63) is 38.0 Å². The molecule has 1 aromatic rings. The van der Waals surface area contributed by atoms with Gasteiger partial charge in [-0.2, -0.15) is 0 Å². The summed E-state index contributed by atoms with van der Waals surface area (Å²) in [6.45, 7) is 1.56. The van der Waals surface area contributed by atoms with Crippen molar-refractivity contribution in [3.63, 3.8) is 0 Å². The normalized spacial score (nSPS) is 29.2. The predicted molar refractivity (Wildman–Crippen MR) is 130 cm³/mol. The number of halogens is 6. The fourth-order valence-electron chi connectivity index (χ4n) is 6.13. The van der Waals surface area contributed by atoms with E-state index >= 15 is 4.39 Å². The molecule has 7 nitrogen and oxygen atoms in total. The average molecular weight is 610 g/mol. The van der Waals surface area contributed by atoms with Crippen LogP contribution in [0.4, 0.5) is 17.6 Å². The number of hydrogen-bond acceptors (Lipinski definition) is 7. The minimum Gasteiger partial charge on any atom is -0.462 e. The molecule has 0 radical (unpaired) electrons. The zero-order valence-electron chi connectivity index (χ0n) is 19.9. The summed E-state index contributed by atoms with van der Waals surface area (Å²) < 4.78 is 75.2. The van der Waals surface area contributed by atoms with E-state index in [9.17, 15) is 13.2 Å². The van der Waals surface area contributed by atoms with Crippen molar-refractivity contribution in [2.24, 2.45) is 4.99 Å². The second-order valence-electron chi connectivity index (χ2n) is 10.1. The molecule has 202 valence electrons. The van der Waals surface area contributed by atoms with E-state index in [0.29, 0.717) is 38.4 Å². The van der Waals surface area contributed by atoms with Gasteiger partial charge < -0.3 is 24.0 Å². The SMILES string of the molecule is Fc1c(Br)c(Cl)c2c3c1OC(OC[C@@]14CCCN1C[C@H](F)C4)=CN(CC(F)F)C=3N(C1CCOC1)CN=2. The monoisotopic (exact) mass is 608 g/mol. The van der Waals surface area contributed by atoms with Crippen LogP contribution in [0.3, 0.4) is 0 Å². The fraction of sp³-hybridized carbons (Fsp3) is 0.625. The third-order valence-corrected chi connectivity index (χ3v) is 9.14. The van der Waals surface area contributed by atoms with E-state index in [-0.39, 0.29) is 51.1 Å². The molecule has 0 aromatic heterocycles. The van der Waals surface area contributed by atoms with Crippen LogP contribution < -0.4 is 15.3 Å². The minimum atomic E-state index is -2.71. The molecule has 37 heavy (non-hydrogen) atoms. The first-order chi connectivity index (χ1) is 17.8. The molecule has 6 rings (SSSR count). The molecule has 5 aliphatic rings. The maximum atomic E-state index is 15.7. The van der Waals surface area contributed by atoms with Gasteiger partial charge in [-0.3, -0.25) is 9.89 Å². The second-order valence-corrected chi connectivity index (χ2v) is 11.2. The molecule has 5 aliphatic heterocycles. The van der Waals surface area contributed by atoms with Crippen LogP contribution in [0.1, 0.15) is 25.7 Å². The molecule has 0 bridgehead atoms. The van der Waals surface area contributed by atoms with Crippen molar-refractivity contribution in [1.82, 2.24) is 14.7 Å². The molecule has 0 N–H and O–H groups in total. The molecule has 0 aliphatic carbocycles. The molecule has 3 atom stereocenters. The predicted octanol–water partition coefficient (Wildman–Crippen LogP) is 3.34. The largest absolute Gasteiger partial charge is 0.462 e. The van der Waals surface area contributed by atoms with Crippen molar-refractivity contribution in [3.8, 4) is 5.75 Å². The molecule has 13 heteroatoms. The van der Waals surface area contributed by atoms with Crippen LogP contribution in [-0.4, -0.2) is 85.0 Å². The van der Waals surface area contributed by atoms with Crippen molar-refractivity contribution in [2.75, 3.05) is 46.1 Å². The lowest BCUT2D eigenvalue weighted by Gasteiger charge is -2.37. The Labute approximate surface area is 224 Å². The van der Waals surface area contributed by atoms with Crippen LogP contribution in [0, 0.1) is 5.82 Å². The van der Waals surface area contributed by atoms with Gasteiger partial charge >= 0.3 is 5.95 Å². The number of hydrogen-bond donors (Lipinski definition) is 0. The van der Waals surface area contributed by atoms with E-state index in [1.54, 1.807) is 0 Å². The highest BCUT2D eigenvalue weighted by Crippen LogP contribution is 2.41. The number of ether oxygens (including phenoxy) is 3. The zero-order chi connectivity index (χ0) is 25.9. The van der Waals surface area contributed by atoms with Crippen molar-refractivity contribution >= 4 is 33.4 Å². The van der Waals surface area contributed by atoms with Crippen molar-refractivity contribution < 1.29 is 31.8 Å². The van der Waals surface area contributed by atoms with E-state index in [2.05, 4.69) is 25.8 Å². The quantitative estimate of drug-likeness (QED) is 0.365. The van der Waals surface area contributed by atoms with Gasteiger partial charge in [0.05, 0.1) is 51.0 Å². The first kappa shape index (κ1) is 25.5. The summed E-state index contributed by atoms with van der Waals surface area (Å²) in [6, 6.07) is -0.146. The summed E-state index contributed by atoms with van der Waals surface area (Å²) in [5, 5.41) is 0.465. The van der Waals surface area contributed by atoms with Gasteiger partial charge in [-0.05, 0) is 41.7 Å². The molecule has 0 saturated carbocycles. The average Bonchev–Trinajstić information content (AvgIpc) is 3.56. The van der Waals surface area contributed by atoms with E-state index in [4.69, 9.17) is 25.8 Å². The molecule has 1 aromatic carbocycles. The highest BCUT2D eigenvalue weighted by molar-refractivity contribution is 9.10. The van der Waals surface area contributed by atoms with Gasteiger partial charge in [0.1, 0.15) is 25.3 Å². The Morgan fingerprint density at radius 3 is 2.95 bits per heavy atom. The number of rotatable bonds is 6. The van der Waals surface area contributed by atoms with Gasteiger partial charge in [-0.25, -0.2) is 17.6 Å². The Morgan fingerprint density at radius 2 is 2.19 bits per heavy atom. The van der Waals surface area contributed by atoms with Crippen LogP contribution in [-0.2, 0) is 9.47 Å². The van der Waals surface area contributed by atoms with Crippen molar-refractivity contribution in [2.45, 2.75) is 49.9 Å². The molecule has 3 fully saturated rings. The Balaban J connectivity index is 1.45. The van der Waals surface area contributed by atoms with Gasteiger partial charge in [-0.1, -0.05) is 11.6 Å². The summed E-state index contributed by atoms with van der Waals surface area (Å²) in [6.07, 6.45) is 0.315. The Bertz CT molecular complexity index is 1250. The summed E-state index contributed by atoms with van der Waals surface area (Å²) in [5.74, 6) is -0.844. The maximum Gasteiger partial charge on any atom is 0.302 e. The molecule has 3 saturated heterocycles. The lowest BCUT2D eigenvalue weighted by Crippen LogP contribution is -2.50. The molecular weight excluding hydrogens is 584 g/mol. The third-order valence-electron chi connectivity index (χ3n) is 7.79. The molecular formula is C24H26BrClF4N4O3. The summed E-state index contributed by atoms with van der Waals surface area (Å²) in [4.78, 5) is 9.79. The Morgan fingerprint density at radius 1 is 1.35 bits per heavy atom. The van der Waals surface area contributed by atoms with Gasteiger partial charge in [0.2, 0.25) is 0 Å². The molecule has 0 amide bonds. The van der Waals surface area contributed by atoms with Crippen molar-refractivity contribution in [1.29, 1.82) is 0 Å². The lowest BCUT2D eigenvalue weighted by molar-refractivity contribution is 0.0244. The molecule has 5 heterocycles. The third kappa shape index (κ3) is 4.37. The van der Waals surface area contributed by atoms with E-state index in [1.165, 1.54) is 11.1 Å². The van der Waals surface area contributed by atoms with Gasteiger partial charge in [-0.15, -0.1) is 0 Å². The minimum absolute atomic E-state index is 0.0291. The first-order valence-electron chi connectivity index (χ1n) is 12.3. The topological polar surface area (TPSA) is 49.8 Å². The summed E-state index contributed by atoms with van der Waals surface area (Å²) in [7, 11) is 0. The highest BCUT2D eigenvalue weighted by Gasteiger charge is 2.49. The number of fused-ring (bicyclic) bond motifs is 1. The second kappa shape index (κ2) is 9.77. The smallest absolute Gasteiger partial charge is 0.302 e. The van der Waals surface area contributed by atoms with Crippen LogP contribution in [0.25, 0.3) is 5.82 Å². The Hall–Kier alpha value is -1.76. The van der Waals surface area contributed by atoms with Crippen LogP contribution >= 0.6 is 27.5 Å². The molecule has 1 unspecified atom stereocenters. The van der Waals surface area contributed by atoms with Crippen LogP contribution in [0.15, 0.2) is 21.6 Å². The zero-order valence-corrected chi connectivity index (χ0v) is 22.2.